The number of fused-ring (bicyclic) bond motifs is 1. The van der Waals surface area contributed by atoms with E-state index in [2.05, 4.69) is 25.1 Å². The maximum Gasteiger partial charge on any atom is 0.227 e. The lowest BCUT2D eigenvalue weighted by atomic mass is 10.0. The van der Waals surface area contributed by atoms with Gasteiger partial charge in [0, 0.05) is 23.1 Å². The van der Waals surface area contributed by atoms with Crippen LogP contribution < -0.4 is 14.2 Å². The second-order valence-electron chi connectivity index (χ2n) is 9.55. The fraction of sp³-hybridized carbons (Fsp3) is 0.212. The van der Waals surface area contributed by atoms with Crippen molar-refractivity contribution in [2.75, 3.05) is 21.3 Å². The lowest BCUT2D eigenvalue weighted by Gasteiger charge is -2.24. The Hall–Kier alpha value is -4.78. The highest BCUT2D eigenvalue weighted by molar-refractivity contribution is 5.86. The van der Waals surface area contributed by atoms with E-state index in [1.54, 1.807) is 32.5 Å². The van der Waals surface area contributed by atoms with Crippen LogP contribution in [0.2, 0.25) is 0 Å². The van der Waals surface area contributed by atoms with Crippen molar-refractivity contribution in [1.29, 1.82) is 0 Å². The normalized spacial score (nSPS) is 10.9. The molecule has 204 valence electrons. The first-order valence-corrected chi connectivity index (χ1v) is 13.0. The molecule has 0 atom stereocenters. The van der Waals surface area contributed by atoms with Crippen molar-refractivity contribution in [3.8, 4) is 28.5 Å². The van der Waals surface area contributed by atoms with Crippen molar-refractivity contribution < 1.29 is 23.4 Å². The minimum atomic E-state index is -0.0760. The van der Waals surface area contributed by atoms with Crippen LogP contribution in [0.4, 0.5) is 0 Å². The molecule has 5 rings (SSSR count). The van der Waals surface area contributed by atoms with Gasteiger partial charge in [-0.1, -0.05) is 18.2 Å². The van der Waals surface area contributed by atoms with Crippen LogP contribution >= 0.6 is 0 Å². The second kappa shape index (κ2) is 11.9. The number of carbonyl (C=O) groups excluding carboxylic acids is 1. The third-order valence-electron chi connectivity index (χ3n) is 6.96. The van der Waals surface area contributed by atoms with Gasteiger partial charge >= 0.3 is 0 Å². The number of methoxy groups -OCH3 is 3. The van der Waals surface area contributed by atoms with Gasteiger partial charge in [-0.3, -0.25) is 4.79 Å². The second-order valence-corrected chi connectivity index (χ2v) is 9.55. The fourth-order valence-corrected chi connectivity index (χ4v) is 4.83. The van der Waals surface area contributed by atoms with Gasteiger partial charge in [-0.2, -0.15) is 0 Å². The molecule has 0 saturated heterocycles. The first-order chi connectivity index (χ1) is 19.5. The van der Waals surface area contributed by atoms with E-state index in [9.17, 15) is 4.79 Å². The Morgan fingerprint density at radius 1 is 0.825 bits per heavy atom. The number of nitrogens with zero attached hydrogens (tertiary/aromatic N) is 2. The van der Waals surface area contributed by atoms with E-state index in [4.69, 9.17) is 23.6 Å². The Bertz CT molecular complexity index is 1610. The van der Waals surface area contributed by atoms with Gasteiger partial charge in [-0.25, -0.2) is 4.98 Å². The number of aryl methyl sites for hydroxylation is 1. The molecule has 0 N–H and O–H groups in total. The number of carbonyl (C=O) groups is 1. The van der Waals surface area contributed by atoms with E-state index in [-0.39, 0.29) is 12.3 Å². The molecular formula is C33H32N2O5. The molecule has 2 aromatic heterocycles. The minimum Gasteiger partial charge on any atom is -0.497 e. The smallest absolute Gasteiger partial charge is 0.227 e. The number of pyridine rings is 1. The molecule has 0 aliphatic carbocycles. The Morgan fingerprint density at radius 3 is 2.30 bits per heavy atom. The molecule has 0 fully saturated rings. The van der Waals surface area contributed by atoms with Gasteiger partial charge in [0.25, 0.3) is 0 Å². The summed E-state index contributed by atoms with van der Waals surface area (Å²) in [5.74, 6) is 2.68. The summed E-state index contributed by atoms with van der Waals surface area (Å²) in [4.78, 5) is 20.8. The Morgan fingerprint density at radius 2 is 1.60 bits per heavy atom. The number of aromatic nitrogens is 1. The highest BCUT2D eigenvalue weighted by Gasteiger charge is 2.22. The van der Waals surface area contributed by atoms with Gasteiger partial charge in [0.15, 0.2) is 0 Å². The summed E-state index contributed by atoms with van der Waals surface area (Å²) in [6.45, 7) is 2.71. The zero-order valence-corrected chi connectivity index (χ0v) is 23.1. The van der Waals surface area contributed by atoms with Gasteiger partial charge in [0.2, 0.25) is 5.91 Å². The average molecular weight is 537 g/mol. The number of amides is 1. The summed E-state index contributed by atoms with van der Waals surface area (Å²) in [6, 6.07) is 25.3. The van der Waals surface area contributed by atoms with Crippen molar-refractivity contribution in [3.05, 3.63) is 108 Å². The van der Waals surface area contributed by atoms with Crippen molar-refractivity contribution in [1.82, 2.24) is 9.88 Å². The molecule has 0 radical (unpaired) electrons. The van der Waals surface area contributed by atoms with E-state index >= 15 is 0 Å². The quantitative estimate of drug-likeness (QED) is 0.200. The Balaban J connectivity index is 1.56. The summed E-state index contributed by atoms with van der Waals surface area (Å²) in [5, 5.41) is 1.02. The van der Waals surface area contributed by atoms with Crippen molar-refractivity contribution in [2.24, 2.45) is 0 Å². The SMILES string of the molecule is COc1ccc(-c2nc3c(C)cccc3cc2CN(Cc2ccco2)C(=O)Cc2cc(OC)ccc2OC)cc1. The van der Waals surface area contributed by atoms with Crippen molar-refractivity contribution in [3.63, 3.8) is 0 Å². The van der Waals surface area contributed by atoms with Gasteiger partial charge in [-0.15, -0.1) is 0 Å². The average Bonchev–Trinajstić information content (AvgIpc) is 3.50. The predicted octanol–water partition coefficient (Wildman–Crippen LogP) is 6.60. The molecule has 1 amide bonds. The number of rotatable bonds is 10. The van der Waals surface area contributed by atoms with Gasteiger partial charge in [-0.05, 0) is 78.7 Å². The number of hydrogen-bond donors (Lipinski definition) is 0. The van der Waals surface area contributed by atoms with Crippen LogP contribution in [0, 0.1) is 6.92 Å². The first-order valence-electron chi connectivity index (χ1n) is 13.0. The molecule has 0 bridgehead atoms. The molecule has 7 heteroatoms. The molecule has 0 spiro atoms. The van der Waals surface area contributed by atoms with E-state index in [1.807, 2.05) is 60.7 Å². The molecular weight excluding hydrogens is 504 g/mol. The third-order valence-corrected chi connectivity index (χ3v) is 6.96. The van der Waals surface area contributed by atoms with Crippen molar-refractivity contribution in [2.45, 2.75) is 26.4 Å². The van der Waals surface area contributed by atoms with E-state index in [0.29, 0.717) is 30.3 Å². The zero-order chi connectivity index (χ0) is 28.1. The Kier molecular flexibility index (Phi) is 8.01. The molecule has 0 aliphatic rings. The summed E-state index contributed by atoms with van der Waals surface area (Å²) in [6.07, 6.45) is 1.76. The van der Waals surface area contributed by atoms with Gasteiger partial charge < -0.3 is 23.5 Å². The lowest BCUT2D eigenvalue weighted by molar-refractivity contribution is -0.132. The maximum atomic E-state index is 13.9. The molecule has 0 aliphatic heterocycles. The van der Waals surface area contributed by atoms with E-state index < -0.39 is 0 Å². The van der Waals surface area contributed by atoms with E-state index in [1.165, 1.54) is 0 Å². The number of benzene rings is 3. The lowest BCUT2D eigenvalue weighted by Crippen LogP contribution is -2.31. The number of ether oxygens (including phenoxy) is 3. The highest BCUT2D eigenvalue weighted by Crippen LogP contribution is 2.31. The largest absolute Gasteiger partial charge is 0.497 e. The molecule has 2 heterocycles. The monoisotopic (exact) mass is 536 g/mol. The Labute approximate surface area is 233 Å². The van der Waals surface area contributed by atoms with Crippen LogP contribution in [0.15, 0.2) is 89.5 Å². The molecule has 40 heavy (non-hydrogen) atoms. The summed E-state index contributed by atoms with van der Waals surface area (Å²) in [7, 11) is 4.85. The van der Waals surface area contributed by atoms with E-state index in [0.717, 1.165) is 44.6 Å². The van der Waals surface area contributed by atoms with Gasteiger partial charge in [0.05, 0.1) is 51.8 Å². The van der Waals surface area contributed by atoms with Crippen LogP contribution in [0.3, 0.4) is 0 Å². The van der Waals surface area contributed by atoms with Crippen LogP contribution in [-0.2, 0) is 24.3 Å². The maximum absolute atomic E-state index is 13.9. The van der Waals surface area contributed by atoms with Crippen LogP contribution in [-0.4, -0.2) is 37.1 Å². The summed E-state index contributed by atoms with van der Waals surface area (Å²) < 4.78 is 21.9. The highest BCUT2D eigenvalue weighted by atomic mass is 16.5. The third kappa shape index (κ3) is 5.78. The molecule has 5 aromatic rings. The predicted molar refractivity (Wildman–Crippen MR) is 155 cm³/mol. The summed E-state index contributed by atoms with van der Waals surface area (Å²) >= 11 is 0. The molecule has 3 aromatic carbocycles. The number of para-hydroxylation sites is 1. The number of hydrogen-bond acceptors (Lipinski definition) is 6. The molecule has 7 nitrogen and oxygen atoms in total. The first kappa shape index (κ1) is 26.8. The minimum absolute atomic E-state index is 0.0760. The van der Waals surface area contributed by atoms with Gasteiger partial charge in [0.1, 0.15) is 23.0 Å². The molecule has 0 saturated carbocycles. The topological polar surface area (TPSA) is 74.0 Å². The van der Waals surface area contributed by atoms with Crippen molar-refractivity contribution >= 4 is 16.8 Å². The van der Waals surface area contributed by atoms with Crippen LogP contribution in [0.25, 0.3) is 22.2 Å². The summed E-state index contributed by atoms with van der Waals surface area (Å²) in [5.41, 5.74) is 5.47. The molecule has 0 unspecified atom stereocenters. The van der Waals surface area contributed by atoms with Crippen LogP contribution in [0.1, 0.15) is 22.5 Å². The standard InChI is InChI=1S/C33H32N2O5/c1-22-7-5-8-24-17-26(33(34-32(22)24)23-10-12-27(37-2)13-11-23)20-35(21-29-9-6-16-40-29)31(36)19-25-18-28(38-3)14-15-30(25)39-4/h5-18H,19-21H2,1-4H3. The fourth-order valence-electron chi connectivity index (χ4n) is 4.83. The number of furan rings is 1. The van der Waals surface area contributed by atoms with Crippen LogP contribution in [0.5, 0.6) is 17.2 Å². The zero-order valence-electron chi connectivity index (χ0n) is 23.1.